The first-order valence-electron chi connectivity index (χ1n) is 8.94. The van der Waals surface area contributed by atoms with Crippen LogP contribution in [0.2, 0.25) is 0 Å². The zero-order valence-corrected chi connectivity index (χ0v) is 16.2. The summed E-state index contributed by atoms with van der Waals surface area (Å²) >= 11 is 0. The van der Waals surface area contributed by atoms with Gasteiger partial charge in [0.25, 0.3) is 0 Å². The summed E-state index contributed by atoms with van der Waals surface area (Å²) in [5.41, 5.74) is 1.22. The fraction of sp³-hybridized carbons (Fsp3) is 0.136. The number of aromatic nitrogens is 1. The van der Waals surface area contributed by atoms with Crippen molar-refractivity contribution >= 4 is 11.9 Å². The molecule has 0 amide bonds. The fourth-order valence-corrected chi connectivity index (χ4v) is 3.25. The number of benzene rings is 2. The molecule has 2 heterocycles. The molecule has 0 radical (unpaired) electrons. The van der Waals surface area contributed by atoms with E-state index in [1.54, 1.807) is 12.1 Å². The largest absolute Gasteiger partial charge is 0.464 e. The van der Waals surface area contributed by atoms with Gasteiger partial charge in [0.15, 0.2) is 22.9 Å². The van der Waals surface area contributed by atoms with Crippen LogP contribution >= 0.6 is 0 Å². The number of carbonyl (C=O) groups excluding carboxylic acids is 2. The van der Waals surface area contributed by atoms with Gasteiger partial charge in [-0.1, -0.05) is 30.3 Å². The smallest absolute Gasteiger partial charge is 0.358 e. The van der Waals surface area contributed by atoms with Gasteiger partial charge in [0.1, 0.15) is 0 Å². The first-order valence-corrected chi connectivity index (χ1v) is 8.94. The zero-order chi connectivity index (χ0) is 21.3. The molecule has 30 heavy (non-hydrogen) atoms. The third-order valence-corrected chi connectivity index (χ3v) is 4.61. The minimum absolute atomic E-state index is 0.00441. The second-order valence-corrected chi connectivity index (χ2v) is 6.39. The Morgan fingerprint density at radius 1 is 0.933 bits per heavy atom. The van der Waals surface area contributed by atoms with Crippen molar-refractivity contribution in [1.29, 1.82) is 5.26 Å². The van der Waals surface area contributed by atoms with Crippen molar-refractivity contribution in [3.8, 4) is 29.1 Å². The summed E-state index contributed by atoms with van der Waals surface area (Å²) in [5, 5.41) is 9.15. The molecule has 0 spiro atoms. The number of hydrogen-bond acceptors (Lipinski definition) is 7. The number of nitrogens with zero attached hydrogens (tertiary/aromatic N) is 2. The van der Waals surface area contributed by atoms with Gasteiger partial charge in [-0.2, -0.15) is 5.26 Å². The Morgan fingerprint density at radius 2 is 1.53 bits per heavy atom. The number of esters is 2. The van der Waals surface area contributed by atoms with Crippen molar-refractivity contribution < 1.29 is 28.5 Å². The van der Waals surface area contributed by atoms with Crippen LogP contribution in [0, 0.1) is 11.3 Å². The van der Waals surface area contributed by atoms with E-state index in [-0.39, 0.29) is 35.2 Å². The minimum Gasteiger partial charge on any atom is -0.464 e. The average molecular weight is 404 g/mol. The molecule has 0 saturated carbocycles. The van der Waals surface area contributed by atoms with Gasteiger partial charge >= 0.3 is 11.9 Å². The molecule has 8 heteroatoms. The van der Waals surface area contributed by atoms with Gasteiger partial charge in [-0.15, -0.1) is 0 Å². The Morgan fingerprint density at radius 3 is 2.10 bits per heavy atom. The molecule has 0 saturated heterocycles. The quantitative estimate of drug-likeness (QED) is 0.476. The highest BCUT2D eigenvalue weighted by Gasteiger charge is 2.38. The van der Waals surface area contributed by atoms with Gasteiger partial charge in [-0.25, -0.2) is 9.59 Å². The molecule has 2 aromatic carbocycles. The van der Waals surface area contributed by atoms with E-state index >= 15 is 0 Å². The summed E-state index contributed by atoms with van der Waals surface area (Å²) in [4.78, 5) is 25.3. The molecule has 0 fully saturated rings. The Bertz CT molecular complexity index is 1190. The number of ether oxygens (including phenoxy) is 4. The maximum absolute atomic E-state index is 12.7. The molecule has 0 atom stereocenters. The van der Waals surface area contributed by atoms with Crippen LogP contribution in [0.3, 0.4) is 0 Å². The summed E-state index contributed by atoms with van der Waals surface area (Å²) in [6.07, 6.45) is 0. The minimum atomic E-state index is -0.708. The lowest BCUT2D eigenvalue weighted by Gasteiger charge is -2.18. The van der Waals surface area contributed by atoms with Crippen molar-refractivity contribution in [3.63, 3.8) is 0 Å². The predicted molar refractivity (Wildman–Crippen MR) is 104 cm³/mol. The Labute approximate surface area is 171 Å². The molecule has 4 rings (SSSR count). The fourth-order valence-electron chi connectivity index (χ4n) is 3.25. The Kier molecular flexibility index (Phi) is 4.86. The second kappa shape index (κ2) is 7.64. The summed E-state index contributed by atoms with van der Waals surface area (Å²) in [7, 11) is 2.47. The van der Waals surface area contributed by atoms with Crippen LogP contribution in [0.15, 0.2) is 48.5 Å². The molecule has 1 aromatic heterocycles. The van der Waals surface area contributed by atoms with Gasteiger partial charge in [0.05, 0.1) is 25.9 Å². The van der Waals surface area contributed by atoms with Crippen LogP contribution < -0.4 is 9.47 Å². The molecule has 0 N–H and O–H groups in total. The highest BCUT2D eigenvalue weighted by molar-refractivity contribution is 6.00. The summed E-state index contributed by atoms with van der Waals surface area (Å²) in [5.74, 6) is -0.769. The van der Waals surface area contributed by atoms with Crippen molar-refractivity contribution in [2.45, 2.75) is 6.54 Å². The molecular weight excluding hydrogens is 388 g/mol. The standard InChI is InChI=1S/C22H16N2O6/c1-27-21(25)17-19-20(30-16-10-14(11-23)8-9-15(16)29-19)18(22(26)28-2)24(17)12-13-6-4-3-5-7-13/h3-10H,12H2,1-2H3. The topological polar surface area (TPSA) is 99.8 Å². The number of nitriles is 1. The van der Waals surface area contributed by atoms with E-state index in [0.717, 1.165) is 5.56 Å². The van der Waals surface area contributed by atoms with E-state index in [9.17, 15) is 9.59 Å². The van der Waals surface area contributed by atoms with Crippen LogP contribution in [-0.2, 0) is 16.0 Å². The highest BCUT2D eigenvalue weighted by atomic mass is 16.6. The number of hydrogen-bond donors (Lipinski definition) is 0. The van der Waals surface area contributed by atoms with Crippen LogP contribution in [0.25, 0.3) is 0 Å². The molecule has 0 bridgehead atoms. The van der Waals surface area contributed by atoms with E-state index in [1.165, 1.54) is 24.9 Å². The van der Waals surface area contributed by atoms with Crippen LogP contribution in [0.1, 0.15) is 32.1 Å². The third kappa shape index (κ3) is 3.12. The molecular formula is C22H16N2O6. The van der Waals surface area contributed by atoms with E-state index < -0.39 is 11.9 Å². The number of carbonyl (C=O) groups is 2. The summed E-state index contributed by atoms with van der Waals surface area (Å²) in [6.45, 7) is 0.176. The van der Waals surface area contributed by atoms with Gasteiger partial charge in [0.2, 0.25) is 11.5 Å². The lowest BCUT2D eigenvalue weighted by Crippen LogP contribution is -2.17. The predicted octanol–water partition coefficient (Wildman–Crippen LogP) is 3.88. The van der Waals surface area contributed by atoms with Crippen molar-refractivity contribution in [2.75, 3.05) is 14.2 Å². The molecule has 1 aliphatic rings. The number of methoxy groups -OCH3 is 2. The van der Waals surface area contributed by atoms with E-state index in [2.05, 4.69) is 0 Å². The van der Waals surface area contributed by atoms with Gasteiger partial charge in [0, 0.05) is 12.6 Å². The third-order valence-electron chi connectivity index (χ3n) is 4.61. The van der Waals surface area contributed by atoms with Crippen LogP contribution in [0.4, 0.5) is 0 Å². The normalized spacial score (nSPS) is 11.2. The molecule has 1 aliphatic heterocycles. The first kappa shape index (κ1) is 19.1. The average Bonchev–Trinajstić information content (AvgIpc) is 3.09. The number of rotatable bonds is 4. The SMILES string of the molecule is COC(=O)c1c2c(c(C(=O)OC)n1Cc1ccccc1)Oc1cc(C#N)ccc1O2. The molecule has 0 aliphatic carbocycles. The van der Waals surface area contributed by atoms with Gasteiger partial charge < -0.3 is 23.5 Å². The van der Waals surface area contributed by atoms with Crippen LogP contribution in [-0.4, -0.2) is 30.7 Å². The monoisotopic (exact) mass is 404 g/mol. The number of fused-ring (bicyclic) bond motifs is 2. The maximum atomic E-state index is 12.7. The summed E-state index contributed by atoms with van der Waals surface area (Å²) in [6, 6.07) is 15.9. The first-order chi connectivity index (χ1) is 14.6. The molecule has 150 valence electrons. The molecule has 3 aromatic rings. The lowest BCUT2D eigenvalue weighted by molar-refractivity contribution is 0.0577. The van der Waals surface area contributed by atoms with Crippen LogP contribution in [0.5, 0.6) is 23.0 Å². The summed E-state index contributed by atoms with van der Waals surface area (Å²) < 4.78 is 23.2. The van der Waals surface area contributed by atoms with E-state index in [4.69, 9.17) is 24.2 Å². The second-order valence-electron chi connectivity index (χ2n) is 6.39. The Balaban J connectivity index is 1.94. The van der Waals surface area contributed by atoms with Crippen molar-refractivity contribution in [3.05, 3.63) is 71.0 Å². The zero-order valence-electron chi connectivity index (χ0n) is 16.2. The molecule has 0 unspecified atom stereocenters. The lowest BCUT2D eigenvalue weighted by atomic mass is 10.2. The highest BCUT2D eigenvalue weighted by Crippen LogP contribution is 2.51. The van der Waals surface area contributed by atoms with Crippen molar-refractivity contribution in [1.82, 2.24) is 4.57 Å². The van der Waals surface area contributed by atoms with E-state index in [1.807, 2.05) is 36.4 Å². The van der Waals surface area contributed by atoms with Gasteiger partial charge in [-0.05, 0) is 17.7 Å². The van der Waals surface area contributed by atoms with Gasteiger partial charge in [-0.3, -0.25) is 0 Å². The maximum Gasteiger partial charge on any atom is 0.358 e. The molecule has 8 nitrogen and oxygen atoms in total. The van der Waals surface area contributed by atoms with Crippen molar-refractivity contribution in [2.24, 2.45) is 0 Å². The Hall–Kier alpha value is -4.25. The van der Waals surface area contributed by atoms with E-state index in [0.29, 0.717) is 11.3 Å².